The van der Waals surface area contributed by atoms with Crippen molar-refractivity contribution in [3.8, 4) is 0 Å². The van der Waals surface area contributed by atoms with Crippen LogP contribution in [-0.4, -0.2) is 102 Å². The van der Waals surface area contributed by atoms with Crippen LogP contribution in [0.3, 0.4) is 0 Å². The minimum absolute atomic E-state index is 0.112. The molecule has 358 valence electrons. The third-order valence-electron chi connectivity index (χ3n) is 7.67. The topological polar surface area (TPSA) is 247 Å². The van der Waals surface area contributed by atoms with E-state index in [2.05, 4.69) is 32.2 Å². The maximum absolute atomic E-state index is 12.6. The van der Waals surface area contributed by atoms with E-state index in [1.165, 1.54) is 38.9 Å². The van der Waals surface area contributed by atoms with Gasteiger partial charge in [0.25, 0.3) is 0 Å². The SMILES string of the molecule is COC(=O)/C=C/[C@@H](N)CCc1ccccc1.COC(=O)/C=C/[C@H](CCc1ccccc1)CC(=O)[C@H](C)NC(=O)OC(C)(C)C.C[C@H](NC(=O)OC(C)(C)C)C(=O)O.O=C(O)C(F)(F)F. The Bertz CT molecular complexity index is 1790. The number of aliphatic carboxylic acids is 2. The highest BCUT2D eigenvalue weighted by Crippen LogP contribution is 2.17. The van der Waals surface area contributed by atoms with E-state index in [9.17, 15) is 41.9 Å². The van der Waals surface area contributed by atoms with Crippen molar-refractivity contribution in [1.29, 1.82) is 0 Å². The lowest BCUT2D eigenvalue weighted by Gasteiger charge is -2.22. The van der Waals surface area contributed by atoms with Crippen LogP contribution in [0, 0.1) is 5.92 Å². The van der Waals surface area contributed by atoms with E-state index in [0.29, 0.717) is 6.42 Å². The number of carboxylic acids is 2. The van der Waals surface area contributed by atoms with E-state index in [-0.39, 0.29) is 30.1 Å². The average Bonchev–Trinajstić information content (AvgIpc) is 3.19. The van der Waals surface area contributed by atoms with Gasteiger partial charge in [-0.3, -0.25) is 9.59 Å². The number of nitrogens with one attached hydrogen (secondary N) is 2. The lowest BCUT2D eigenvalue weighted by atomic mass is 9.92. The van der Waals surface area contributed by atoms with Crippen molar-refractivity contribution in [2.24, 2.45) is 11.7 Å². The second-order valence-electron chi connectivity index (χ2n) is 15.8. The number of hydrogen-bond acceptors (Lipinski definition) is 12. The first-order chi connectivity index (χ1) is 29.5. The smallest absolute Gasteiger partial charge is 0.480 e. The highest BCUT2D eigenvalue weighted by molar-refractivity contribution is 5.87. The number of hydrogen-bond donors (Lipinski definition) is 5. The summed E-state index contributed by atoms with van der Waals surface area (Å²) in [6.45, 7) is 13.4. The Morgan fingerprint density at radius 2 is 1.03 bits per heavy atom. The Morgan fingerprint density at radius 1 is 0.656 bits per heavy atom. The number of benzene rings is 2. The van der Waals surface area contributed by atoms with Gasteiger partial charge < -0.3 is 45.5 Å². The summed E-state index contributed by atoms with van der Waals surface area (Å²) in [5.74, 6) is -4.95. The highest BCUT2D eigenvalue weighted by Gasteiger charge is 2.38. The monoisotopic (exact) mass is 911 g/mol. The fourth-order valence-electron chi connectivity index (χ4n) is 4.44. The number of Topliss-reactive ketones (excluding diaryl/α,β-unsaturated/α-hetero) is 1. The van der Waals surface area contributed by atoms with Gasteiger partial charge >= 0.3 is 42.2 Å². The van der Waals surface area contributed by atoms with Gasteiger partial charge in [0.1, 0.15) is 17.2 Å². The number of methoxy groups -OCH3 is 2. The molecular formula is C45H64F3N3O13. The average molecular weight is 912 g/mol. The molecule has 16 nitrogen and oxygen atoms in total. The van der Waals surface area contributed by atoms with Gasteiger partial charge in [-0.2, -0.15) is 13.2 Å². The molecule has 2 aromatic carbocycles. The van der Waals surface area contributed by atoms with Gasteiger partial charge in [0.2, 0.25) is 0 Å². The maximum Gasteiger partial charge on any atom is 0.490 e. The standard InChI is InChI=1S/C22H31NO5.C13H17NO2.C8H15NO4.C2HF3O2/c1-16(23-21(26)28-22(2,3)4)19(24)15-18(13-14-20(25)27-5)12-11-17-9-7-6-8-10-17;1-16-13(15)10-9-12(14)8-7-11-5-3-2-4-6-11;1-5(6(10)11)9-7(12)13-8(2,3)4;3-2(4,5)1(6)7/h6-10,13-14,16,18H,11-12,15H2,1-5H3,(H,23,26);2-6,9-10,12H,7-8,14H2,1H3;5H,1-4H3,(H,9,12)(H,10,11);(H,6,7)/b14-13+;10-9+;;/t16-,18-;12-;5-;/m000./s1. The van der Waals surface area contributed by atoms with Crippen molar-refractivity contribution >= 4 is 41.8 Å². The first kappa shape index (κ1) is 59.9. The van der Waals surface area contributed by atoms with E-state index in [0.717, 1.165) is 24.8 Å². The van der Waals surface area contributed by atoms with E-state index in [1.54, 1.807) is 60.6 Å². The van der Waals surface area contributed by atoms with Crippen LogP contribution in [0.2, 0.25) is 0 Å². The van der Waals surface area contributed by atoms with Gasteiger partial charge in [-0.05, 0) is 98.1 Å². The number of aryl methyl sites for hydroxylation is 2. The molecule has 0 aromatic heterocycles. The number of carbonyl (C=O) groups is 7. The molecule has 6 N–H and O–H groups in total. The summed E-state index contributed by atoms with van der Waals surface area (Å²) in [5.41, 5.74) is 7.00. The number of allylic oxidation sites excluding steroid dienone is 1. The van der Waals surface area contributed by atoms with Gasteiger partial charge in [0.15, 0.2) is 5.78 Å². The van der Waals surface area contributed by atoms with E-state index in [4.69, 9.17) is 30.2 Å². The Labute approximate surface area is 372 Å². The number of alkyl carbamates (subject to hydrolysis) is 2. The third kappa shape index (κ3) is 34.4. The molecule has 0 unspecified atom stereocenters. The molecule has 4 atom stereocenters. The van der Waals surface area contributed by atoms with Crippen LogP contribution in [0.25, 0.3) is 0 Å². The maximum atomic E-state index is 12.6. The number of rotatable bonds is 16. The minimum Gasteiger partial charge on any atom is -0.480 e. The number of amides is 2. The van der Waals surface area contributed by atoms with Gasteiger partial charge in [0, 0.05) is 24.6 Å². The van der Waals surface area contributed by atoms with Crippen LogP contribution in [-0.2, 0) is 55.8 Å². The Kier molecular flexibility index (Phi) is 28.8. The van der Waals surface area contributed by atoms with Crippen molar-refractivity contribution in [3.05, 3.63) is 96.1 Å². The van der Waals surface area contributed by atoms with Gasteiger partial charge in [-0.1, -0.05) is 72.8 Å². The fourth-order valence-corrected chi connectivity index (χ4v) is 4.44. The molecule has 0 aliphatic heterocycles. The Hall–Kier alpha value is -6.24. The molecule has 0 aliphatic carbocycles. The normalized spacial score (nSPS) is 13.0. The Balaban J connectivity index is 0. The van der Waals surface area contributed by atoms with Crippen LogP contribution < -0.4 is 16.4 Å². The molecule has 2 rings (SSSR count). The summed E-state index contributed by atoms with van der Waals surface area (Å²) in [4.78, 5) is 76.9. The van der Waals surface area contributed by atoms with Crippen LogP contribution in [0.4, 0.5) is 22.8 Å². The minimum atomic E-state index is -5.08. The second kappa shape index (κ2) is 30.7. The summed E-state index contributed by atoms with van der Waals surface area (Å²) in [5, 5.41) is 20.3. The molecule has 0 saturated carbocycles. The fraction of sp³-hybridized carbons (Fsp3) is 0.489. The molecule has 0 fully saturated rings. The molecule has 2 aromatic rings. The molecule has 64 heavy (non-hydrogen) atoms. The quantitative estimate of drug-likeness (QED) is 0.0639. The summed E-state index contributed by atoms with van der Waals surface area (Å²) in [6, 6.07) is 18.3. The summed E-state index contributed by atoms with van der Waals surface area (Å²) in [6.07, 6.45) is 3.07. The van der Waals surface area contributed by atoms with Gasteiger partial charge in [-0.15, -0.1) is 0 Å². The Morgan fingerprint density at radius 3 is 1.39 bits per heavy atom. The van der Waals surface area contributed by atoms with E-state index in [1.807, 2.05) is 48.5 Å². The van der Waals surface area contributed by atoms with Crippen molar-refractivity contribution < 1.29 is 75.9 Å². The first-order valence-electron chi connectivity index (χ1n) is 19.9. The zero-order chi connectivity index (χ0) is 49.7. The molecule has 2 amide bonds. The number of halogens is 3. The van der Waals surface area contributed by atoms with Crippen molar-refractivity contribution in [3.63, 3.8) is 0 Å². The zero-order valence-electron chi connectivity index (χ0n) is 38.0. The molecular weight excluding hydrogens is 847 g/mol. The molecule has 0 spiro atoms. The lowest BCUT2D eigenvalue weighted by molar-refractivity contribution is -0.192. The number of esters is 2. The number of carboxylic acid groups (broad SMARTS) is 2. The van der Waals surface area contributed by atoms with Gasteiger partial charge in [-0.25, -0.2) is 24.0 Å². The molecule has 0 aliphatic rings. The number of alkyl halides is 3. The molecule has 0 saturated heterocycles. The molecule has 19 heteroatoms. The summed E-state index contributed by atoms with van der Waals surface area (Å²) >= 11 is 0. The van der Waals surface area contributed by atoms with Crippen LogP contribution in [0.1, 0.15) is 85.8 Å². The third-order valence-corrected chi connectivity index (χ3v) is 7.67. The number of nitrogens with two attached hydrogens (primary N) is 1. The largest absolute Gasteiger partial charge is 0.490 e. The van der Waals surface area contributed by atoms with E-state index >= 15 is 0 Å². The molecule has 0 bridgehead atoms. The van der Waals surface area contributed by atoms with Crippen molar-refractivity contribution in [2.45, 2.75) is 123 Å². The van der Waals surface area contributed by atoms with Crippen LogP contribution in [0.5, 0.6) is 0 Å². The van der Waals surface area contributed by atoms with E-state index < -0.39 is 59.6 Å². The lowest BCUT2D eigenvalue weighted by Crippen LogP contribution is -2.42. The number of ether oxygens (including phenoxy) is 4. The predicted octanol–water partition coefficient (Wildman–Crippen LogP) is 7.13. The van der Waals surface area contributed by atoms with Gasteiger partial charge in [0.05, 0.1) is 20.3 Å². The predicted molar refractivity (Wildman–Crippen MR) is 232 cm³/mol. The van der Waals surface area contributed by atoms with Crippen LogP contribution in [0.15, 0.2) is 85.0 Å². The number of carbonyl (C=O) groups excluding carboxylic acids is 5. The molecule has 0 radical (unpaired) electrons. The summed E-state index contributed by atoms with van der Waals surface area (Å²) < 4.78 is 50.9. The van der Waals surface area contributed by atoms with Crippen molar-refractivity contribution in [1.82, 2.24) is 10.6 Å². The highest BCUT2D eigenvalue weighted by atomic mass is 19.4. The zero-order valence-corrected chi connectivity index (χ0v) is 38.0. The van der Waals surface area contributed by atoms with Crippen LogP contribution >= 0.6 is 0 Å². The van der Waals surface area contributed by atoms with Crippen molar-refractivity contribution in [2.75, 3.05) is 14.2 Å². The first-order valence-corrected chi connectivity index (χ1v) is 19.9. The summed E-state index contributed by atoms with van der Waals surface area (Å²) in [7, 11) is 2.66. The second-order valence-corrected chi connectivity index (χ2v) is 15.8. The number of ketones is 1. The molecule has 0 heterocycles.